The Bertz CT molecular complexity index is 844. The molecule has 1 unspecified atom stereocenters. The molecule has 0 saturated carbocycles. The second-order valence-electron chi connectivity index (χ2n) is 6.22. The summed E-state index contributed by atoms with van der Waals surface area (Å²) in [7, 11) is -1.51. The quantitative estimate of drug-likeness (QED) is 0.686. The first-order valence-corrected chi connectivity index (χ1v) is 11.2. The van der Waals surface area contributed by atoms with Crippen LogP contribution in [0.5, 0.6) is 5.75 Å². The molecule has 0 fully saturated rings. The third kappa shape index (κ3) is 5.81. The Morgan fingerprint density at radius 1 is 1.31 bits per heavy atom. The molecule has 1 aromatic carbocycles. The number of carbonyl (C=O) groups excluding carboxylic acids is 1. The van der Waals surface area contributed by atoms with E-state index in [4.69, 9.17) is 4.74 Å². The Balaban J connectivity index is 2.02. The maximum atomic E-state index is 12.4. The molecule has 0 aliphatic rings. The summed E-state index contributed by atoms with van der Waals surface area (Å²) < 4.78 is 28.2. The fraction of sp³-hybridized carbons (Fsp3) is 0.444. The molecular formula is C18H24N2O4S2. The third-order valence-corrected chi connectivity index (χ3v) is 5.92. The Labute approximate surface area is 158 Å². The van der Waals surface area contributed by atoms with Gasteiger partial charge in [0.15, 0.2) is 0 Å². The monoisotopic (exact) mass is 396 g/mol. The summed E-state index contributed by atoms with van der Waals surface area (Å²) >= 11 is 1.48. The molecule has 0 aliphatic carbocycles. The van der Waals surface area contributed by atoms with Crippen molar-refractivity contribution in [1.82, 2.24) is 9.88 Å². The minimum atomic E-state index is -3.13. The molecule has 6 nitrogen and oxygen atoms in total. The number of nitrogens with zero attached hydrogens (tertiary/aromatic N) is 2. The lowest BCUT2D eigenvalue weighted by molar-refractivity contribution is -0.130. The van der Waals surface area contributed by atoms with Crippen LogP contribution in [0.15, 0.2) is 29.6 Å². The van der Waals surface area contributed by atoms with Crippen molar-refractivity contribution in [2.45, 2.75) is 26.3 Å². The summed E-state index contributed by atoms with van der Waals surface area (Å²) in [5, 5.41) is 2.70. The van der Waals surface area contributed by atoms with E-state index in [1.165, 1.54) is 22.5 Å². The van der Waals surface area contributed by atoms with Gasteiger partial charge in [-0.25, -0.2) is 13.4 Å². The topological polar surface area (TPSA) is 76.6 Å². The van der Waals surface area contributed by atoms with Gasteiger partial charge in [0.2, 0.25) is 5.91 Å². The number of benzene rings is 1. The van der Waals surface area contributed by atoms with Crippen molar-refractivity contribution in [3.63, 3.8) is 0 Å². The molecule has 0 radical (unpaired) electrons. The number of rotatable bonds is 8. The van der Waals surface area contributed by atoms with Crippen LogP contribution in [-0.2, 0) is 21.1 Å². The predicted molar refractivity (Wildman–Crippen MR) is 104 cm³/mol. The van der Waals surface area contributed by atoms with E-state index in [1.54, 1.807) is 14.0 Å². The average molecular weight is 397 g/mol. The van der Waals surface area contributed by atoms with Gasteiger partial charge in [-0.2, -0.15) is 0 Å². The SMILES string of the molecule is CCOc1ccc(-c2nc(CC(=O)N(C)C(C)CS(C)(=O)=O)cs2)cc1. The Hall–Kier alpha value is -1.93. The average Bonchev–Trinajstić information content (AvgIpc) is 3.02. The molecule has 1 aromatic heterocycles. The van der Waals surface area contributed by atoms with Crippen LogP contribution in [0.1, 0.15) is 19.5 Å². The number of aromatic nitrogens is 1. The van der Waals surface area contributed by atoms with Crippen LogP contribution in [-0.4, -0.2) is 55.9 Å². The first-order valence-electron chi connectivity index (χ1n) is 8.30. The van der Waals surface area contributed by atoms with Gasteiger partial charge in [0.1, 0.15) is 20.6 Å². The van der Waals surface area contributed by atoms with Crippen LogP contribution in [0.4, 0.5) is 0 Å². The summed E-state index contributed by atoms with van der Waals surface area (Å²) in [5.74, 6) is 0.610. The van der Waals surface area contributed by atoms with Gasteiger partial charge in [0, 0.05) is 30.3 Å². The van der Waals surface area contributed by atoms with E-state index >= 15 is 0 Å². The van der Waals surface area contributed by atoms with E-state index in [-0.39, 0.29) is 24.1 Å². The lowest BCUT2D eigenvalue weighted by Gasteiger charge is -2.24. The zero-order chi connectivity index (χ0) is 19.3. The molecule has 0 bridgehead atoms. The molecule has 0 N–H and O–H groups in total. The highest BCUT2D eigenvalue weighted by molar-refractivity contribution is 7.90. The van der Waals surface area contributed by atoms with Gasteiger partial charge < -0.3 is 9.64 Å². The maximum Gasteiger partial charge on any atom is 0.228 e. The van der Waals surface area contributed by atoms with Crippen LogP contribution in [0.3, 0.4) is 0 Å². The van der Waals surface area contributed by atoms with Gasteiger partial charge in [-0.3, -0.25) is 4.79 Å². The lowest BCUT2D eigenvalue weighted by Crippen LogP contribution is -2.40. The van der Waals surface area contributed by atoms with Gasteiger partial charge in [-0.05, 0) is 38.1 Å². The molecule has 2 aromatic rings. The normalized spacial score (nSPS) is 12.6. The number of hydrogen-bond acceptors (Lipinski definition) is 6. The van der Waals surface area contributed by atoms with E-state index in [0.29, 0.717) is 12.3 Å². The van der Waals surface area contributed by atoms with Gasteiger partial charge in [0.25, 0.3) is 0 Å². The highest BCUT2D eigenvalue weighted by atomic mass is 32.2. The van der Waals surface area contributed by atoms with E-state index in [2.05, 4.69) is 4.98 Å². The molecule has 26 heavy (non-hydrogen) atoms. The second kappa shape index (κ2) is 8.64. The van der Waals surface area contributed by atoms with Crippen LogP contribution in [0, 0.1) is 0 Å². The van der Waals surface area contributed by atoms with Crippen molar-refractivity contribution in [3.05, 3.63) is 35.3 Å². The van der Waals surface area contributed by atoms with Gasteiger partial charge in [0.05, 0.1) is 24.5 Å². The van der Waals surface area contributed by atoms with Crippen molar-refractivity contribution in [1.29, 1.82) is 0 Å². The largest absolute Gasteiger partial charge is 0.494 e. The molecule has 1 atom stereocenters. The van der Waals surface area contributed by atoms with Crippen LogP contribution < -0.4 is 4.74 Å². The van der Waals surface area contributed by atoms with Crippen LogP contribution in [0.2, 0.25) is 0 Å². The maximum absolute atomic E-state index is 12.4. The van der Waals surface area contributed by atoms with Gasteiger partial charge in [-0.15, -0.1) is 11.3 Å². The summed E-state index contributed by atoms with van der Waals surface area (Å²) in [5.41, 5.74) is 1.65. The number of amides is 1. The molecule has 1 amide bonds. The number of sulfone groups is 1. The molecule has 0 spiro atoms. The van der Waals surface area contributed by atoms with Crippen molar-refractivity contribution in [2.75, 3.05) is 25.7 Å². The second-order valence-corrected chi connectivity index (χ2v) is 9.27. The Kier molecular flexibility index (Phi) is 6.77. The first-order chi connectivity index (χ1) is 12.2. The molecular weight excluding hydrogens is 372 g/mol. The van der Waals surface area contributed by atoms with E-state index < -0.39 is 9.84 Å². The van der Waals surface area contributed by atoms with E-state index in [9.17, 15) is 13.2 Å². The minimum Gasteiger partial charge on any atom is -0.494 e. The smallest absolute Gasteiger partial charge is 0.228 e. The molecule has 1 heterocycles. The molecule has 142 valence electrons. The number of thiazole rings is 1. The van der Waals surface area contributed by atoms with Crippen molar-refractivity contribution in [2.24, 2.45) is 0 Å². The Morgan fingerprint density at radius 2 is 1.96 bits per heavy atom. The predicted octanol–water partition coefficient (Wildman–Crippen LogP) is 2.64. The van der Waals surface area contributed by atoms with E-state index in [1.807, 2.05) is 36.6 Å². The lowest BCUT2D eigenvalue weighted by atomic mass is 10.2. The Morgan fingerprint density at radius 3 is 2.54 bits per heavy atom. The fourth-order valence-electron chi connectivity index (χ4n) is 2.46. The zero-order valence-electron chi connectivity index (χ0n) is 15.4. The number of ether oxygens (including phenoxy) is 1. The minimum absolute atomic E-state index is 0.0519. The fourth-order valence-corrected chi connectivity index (χ4v) is 4.38. The summed E-state index contributed by atoms with van der Waals surface area (Å²) in [6, 6.07) is 7.30. The summed E-state index contributed by atoms with van der Waals surface area (Å²) in [6.45, 7) is 4.28. The molecule has 0 aliphatic heterocycles. The summed E-state index contributed by atoms with van der Waals surface area (Å²) in [6.07, 6.45) is 1.32. The molecule has 8 heteroatoms. The molecule has 0 saturated heterocycles. The highest BCUT2D eigenvalue weighted by Gasteiger charge is 2.20. The number of carbonyl (C=O) groups is 1. The van der Waals surface area contributed by atoms with Gasteiger partial charge >= 0.3 is 0 Å². The molecule has 2 rings (SSSR count). The van der Waals surface area contributed by atoms with Crippen molar-refractivity contribution in [3.8, 4) is 16.3 Å². The zero-order valence-corrected chi connectivity index (χ0v) is 17.1. The summed E-state index contributed by atoms with van der Waals surface area (Å²) in [4.78, 5) is 18.4. The van der Waals surface area contributed by atoms with Crippen molar-refractivity contribution < 1.29 is 17.9 Å². The standard InChI is InChI=1S/C18H24N2O4S2/c1-5-24-16-8-6-14(7-9-16)18-19-15(11-25-18)10-17(21)20(3)13(2)12-26(4,22)23/h6-9,11,13H,5,10,12H2,1-4H3. The van der Waals surface area contributed by atoms with Crippen molar-refractivity contribution >= 4 is 27.1 Å². The highest BCUT2D eigenvalue weighted by Crippen LogP contribution is 2.26. The van der Waals surface area contributed by atoms with Crippen LogP contribution in [0.25, 0.3) is 10.6 Å². The third-order valence-electron chi connectivity index (χ3n) is 3.89. The first kappa shape index (κ1) is 20.4. The van der Waals surface area contributed by atoms with Crippen LogP contribution >= 0.6 is 11.3 Å². The number of hydrogen-bond donors (Lipinski definition) is 0. The van der Waals surface area contributed by atoms with Gasteiger partial charge in [-0.1, -0.05) is 0 Å². The van der Waals surface area contributed by atoms with E-state index in [0.717, 1.165) is 16.3 Å². The number of likely N-dealkylation sites (N-methyl/N-ethyl adjacent to an activating group) is 1.